The van der Waals surface area contributed by atoms with Gasteiger partial charge in [-0.05, 0) is 54.9 Å². The van der Waals surface area contributed by atoms with Crippen LogP contribution in [0.1, 0.15) is 28.2 Å². The molecule has 1 N–H and O–H groups in total. The number of benzene rings is 1. The number of fused-ring (bicyclic) bond motifs is 3. The minimum atomic E-state index is -0.282. The molecule has 3 nitrogen and oxygen atoms in total. The zero-order chi connectivity index (χ0) is 16.7. The predicted octanol–water partition coefficient (Wildman–Crippen LogP) is 4.47. The summed E-state index contributed by atoms with van der Waals surface area (Å²) in [5, 5.41) is 0.752. The number of rotatable bonds is 3. The number of aryl methyl sites for hydroxylation is 2. The molecule has 1 aromatic carbocycles. The van der Waals surface area contributed by atoms with Gasteiger partial charge in [-0.2, -0.15) is 0 Å². The second-order valence-electron chi connectivity index (χ2n) is 5.72. The van der Waals surface area contributed by atoms with Crippen molar-refractivity contribution in [3.63, 3.8) is 0 Å². The van der Waals surface area contributed by atoms with Crippen LogP contribution < -0.4 is 5.56 Å². The topological polar surface area (TPSA) is 45.8 Å². The van der Waals surface area contributed by atoms with Gasteiger partial charge in [0.15, 0.2) is 0 Å². The fraction of sp³-hybridized carbons (Fsp3) is 0.222. The van der Waals surface area contributed by atoms with E-state index in [4.69, 9.17) is 0 Å². The van der Waals surface area contributed by atoms with E-state index in [1.807, 2.05) is 18.4 Å². The Morgan fingerprint density at radius 3 is 3.08 bits per heavy atom. The summed E-state index contributed by atoms with van der Waals surface area (Å²) >= 11 is 3.11. The number of thioether (sulfide) groups is 1. The van der Waals surface area contributed by atoms with Crippen LogP contribution in [-0.4, -0.2) is 16.2 Å². The maximum Gasteiger partial charge on any atom is 0.260 e. The molecule has 1 aliphatic carbocycles. The Labute approximate surface area is 146 Å². The largest absolute Gasteiger partial charge is 0.305 e. The summed E-state index contributed by atoms with van der Waals surface area (Å²) in [5.41, 5.74) is 1.85. The molecule has 0 atom stereocenters. The molecule has 0 saturated heterocycles. The van der Waals surface area contributed by atoms with Crippen molar-refractivity contribution in [2.45, 2.75) is 19.3 Å². The van der Waals surface area contributed by atoms with Gasteiger partial charge in [0.25, 0.3) is 5.56 Å². The van der Waals surface area contributed by atoms with Crippen molar-refractivity contribution in [2.24, 2.45) is 0 Å². The number of aromatic amines is 1. The summed E-state index contributed by atoms with van der Waals surface area (Å²) in [7, 11) is 0. The molecular weight excluding hydrogens is 343 g/mol. The van der Waals surface area contributed by atoms with Crippen LogP contribution in [0.2, 0.25) is 0 Å². The second-order valence-corrected chi connectivity index (χ2v) is 7.65. The van der Waals surface area contributed by atoms with Crippen LogP contribution in [0.3, 0.4) is 0 Å². The molecule has 122 valence electrons. The fourth-order valence-electron chi connectivity index (χ4n) is 3.09. The van der Waals surface area contributed by atoms with E-state index in [9.17, 15) is 9.18 Å². The lowest BCUT2D eigenvalue weighted by Crippen LogP contribution is -2.11. The van der Waals surface area contributed by atoms with Crippen LogP contribution in [0.15, 0.2) is 29.1 Å². The Morgan fingerprint density at radius 1 is 1.42 bits per heavy atom. The highest BCUT2D eigenvalue weighted by molar-refractivity contribution is 8.07. The summed E-state index contributed by atoms with van der Waals surface area (Å²) in [6, 6.07) is 6.37. The molecule has 0 radical (unpaired) electrons. The molecule has 0 bridgehead atoms. The van der Waals surface area contributed by atoms with Crippen LogP contribution in [-0.2, 0) is 12.8 Å². The molecule has 0 aliphatic heterocycles. The third-order valence-corrected chi connectivity index (χ3v) is 6.11. The van der Waals surface area contributed by atoms with Crippen molar-refractivity contribution in [1.82, 2.24) is 9.97 Å². The molecule has 3 aromatic rings. The Bertz CT molecular complexity index is 1020. The lowest BCUT2D eigenvalue weighted by atomic mass is 10.2. The first-order valence-corrected chi connectivity index (χ1v) is 9.76. The lowest BCUT2D eigenvalue weighted by Gasteiger charge is -2.05. The Balaban J connectivity index is 1.84. The zero-order valence-corrected chi connectivity index (χ0v) is 14.7. The Morgan fingerprint density at radius 2 is 2.29 bits per heavy atom. The van der Waals surface area contributed by atoms with Crippen LogP contribution in [0.5, 0.6) is 0 Å². The molecule has 0 saturated carbocycles. The minimum Gasteiger partial charge on any atom is -0.305 e. The highest BCUT2D eigenvalue weighted by atomic mass is 32.2. The van der Waals surface area contributed by atoms with Gasteiger partial charge in [0.1, 0.15) is 16.5 Å². The van der Waals surface area contributed by atoms with E-state index < -0.39 is 0 Å². The van der Waals surface area contributed by atoms with Crippen LogP contribution >= 0.6 is 23.1 Å². The third kappa shape index (κ3) is 2.70. The monoisotopic (exact) mass is 358 g/mol. The summed E-state index contributed by atoms with van der Waals surface area (Å²) in [4.78, 5) is 23.0. The van der Waals surface area contributed by atoms with Gasteiger partial charge < -0.3 is 4.98 Å². The fourth-order valence-corrected chi connectivity index (χ4v) is 4.90. The van der Waals surface area contributed by atoms with E-state index in [0.29, 0.717) is 5.82 Å². The molecular formula is C18H15FN2OS2. The van der Waals surface area contributed by atoms with E-state index >= 15 is 0 Å². The maximum atomic E-state index is 13.4. The van der Waals surface area contributed by atoms with Crippen molar-refractivity contribution in [3.05, 3.63) is 62.3 Å². The summed E-state index contributed by atoms with van der Waals surface area (Å²) in [6.07, 6.45) is 6.89. The molecule has 0 unspecified atom stereocenters. The van der Waals surface area contributed by atoms with E-state index in [1.54, 1.807) is 17.4 Å². The van der Waals surface area contributed by atoms with E-state index in [2.05, 4.69) is 9.97 Å². The normalized spacial score (nSPS) is 14.3. The Hall–Kier alpha value is -1.92. The van der Waals surface area contributed by atoms with E-state index in [-0.39, 0.29) is 11.4 Å². The number of nitrogens with one attached hydrogen (secondary N) is 1. The zero-order valence-electron chi connectivity index (χ0n) is 13.1. The van der Waals surface area contributed by atoms with Crippen molar-refractivity contribution in [1.29, 1.82) is 0 Å². The van der Waals surface area contributed by atoms with Crippen molar-refractivity contribution >= 4 is 44.3 Å². The molecule has 1 aliphatic rings. The first-order chi connectivity index (χ1) is 11.7. The van der Waals surface area contributed by atoms with Gasteiger partial charge in [0.2, 0.25) is 0 Å². The van der Waals surface area contributed by atoms with Gasteiger partial charge in [0, 0.05) is 4.88 Å². The van der Waals surface area contributed by atoms with Crippen molar-refractivity contribution in [2.75, 3.05) is 6.26 Å². The predicted molar refractivity (Wildman–Crippen MR) is 100 cm³/mol. The molecule has 24 heavy (non-hydrogen) atoms. The number of aromatic nitrogens is 2. The summed E-state index contributed by atoms with van der Waals surface area (Å²) < 4.78 is 13.4. The molecule has 0 amide bonds. The van der Waals surface area contributed by atoms with Gasteiger partial charge in [-0.3, -0.25) is 4.79 Å². The highest BCUT2D eigenvalue weighted by Crippen LogP contribution is 2.35. The average Bonchev–Trinajstić information content (AvgIpc) is 3.12. The number of H-pyrrole nitrogens is 1. The first-order valence-electron chi connectivity index (χ1n) is 7.72. The molecule has 2 aromatic heterocycles. The number of thiophene rings is 1. The Kier molecular flexibility index (Phi) is 4.02. The number of hydrogen-bond donors (Lipinski definition) is 1. The standard InChI is InChI=1S/C18H15FN2OS2/c1-23-14(9-10-4-2-5-11(19)8-10)16-20-17(22)15-12-6-3-7-13(12)24-18(15)21-16/h2,4-5,8-9H,3,6-7H2,1H3,(H,20,21,22)/b14-9-. The molecule has 0 fully saturated rings. The van der Waals surface area contributed by atoms with Crippen molar-refractivity contribution < 1.29 is 4.39 Å². The quantitative estimate of drug-likeness (QED) is 0.751. The average molecular weight is 358 g/mol. The summed E-state index contributed by atoms with van der Waals surface area (Å²) in [6.45, 7) is 0. The number of nitrogens with zero attached hydrogens (tertiary/aromatic N) is 1. The smallest absolute Gasteiger partial charge is 0.260 e. The molecule has 0 spiro atoms. The van der Waals surface area contributed by atoms with Crippen LogP contribution in [0, 0.1) is 5.82 Å². The summed E-state index contributed by atoms with van der Waals surface area (Å²) in [5.74, 6) is 0.264. The molecule has 4 rings (SSSR count). The van der Waals surface area contributed by atoms with E-state index in [0.717, 1.165) is 39.9 Å². The third-order valence-electron chi connectivity index (χ3n) is 4.17. The van der Waals surface area contributed by atoms with Crippen molar-refractivity contribution in [3.8, 4) is 0 Å². The maximum absolute atomic E-state index is 13.4. The molecule has 2 heterocycles. The number of halogens is 1. The van der Waals surface area contributed by atoms with Gasteiger partial charge in [-0.25, -0.2) is 9.37 Å². The molecule has 6 heteroatoms. The SMILES string of the molecule is CS/C(=C\c1cccc(F)c1)c1nc2sc3c(c2c(=O)[nH]1)CCC3. The lowest BCUT2D eigenvalue weighted by molar-refractivity contribution is 0.627. The first kappa shape index (κ1) is 15.6. The van der Waals surface area contributed by atoms with Gasteiger partial charge in [0.05, 0.1) is 10.3 Å². The minimum absolute atomic E-state index is 0.0754. The van der Waals surface area contributed by atoms with Gasteiger partial charge in [-0.1, -0.05) is 12.1 Å². The van der Waals surface area contributed by atoms with Gasteiger partial charge >= 0.3 is 0 Å². The van der Waals surface area contributed by atoms with Crippen LogP contribution in [0.4, 0.5) is 4.39 Å². The second kappa shape index (κ2) is 6.18. The van der Waals surface area contributed by atoms with Gasteiger partial charge in [-0.15, -0.1) is 23.1 Å². The highest BCUT2D eigenvalue weighted by Gasteiger charge is 2.21. The number of hydrogen-bond acceptors (Lipinski definition) is 4. The van der Waals surface area contributed by atoms with E-state index in [1.165, 1.54) is 34.3 Å². The van der Waals surface area contributed by atoms with Crippen LogP contribution in [0.25, 0.3) is 21.2 Å².